The van der Waals surface area contributed by atoms with Crippen LogP contribution in [0.3, 0.4) is 0 Å². The highest BCUT2D eigenvalue weighted by Gasteiger charge is 2.28. The first kappa shape index (κ1) is 15.6. The summed E-state index contributed by atoms with van der Waals surface area (Å²) in [6, 6.07) is 8.54. The minimum atomic E-state index is -0.0936. The van der Waals surface area contributed by atoms with E-state index in [0.717, 1.165) is 22.6 Å². The van der Waals surface area contributed by atoms with Gasteiger partial charge in [-0.1, -0.05) is 23.2 Å². The molecular formula is C17H14Cl2N2O3. The van der Waals surface area contributed by atoms with Crippen molar-refractivity contribution < 1.29 is 14.6 Å². The molecule has 0 radical (unpaired) electrons. The molecule has 2 aliphatic heterocycles. The maximum atomic E-state index is 10.1. The van der Waals surface area contributed by atoms with Crippen LogP contribution < -0.4 is 10.2 Å². The average molecular weight is 365 g/mol. The largest absolute Gasteiger partial charge is 0.507 e. The number of phenolic OH excluding ortho intramolecular Hbond substituents is 1. The maximum Gasteiger partial charge on any atom is 0.189 e. The minimum Gasteiger partial charge on any atom is -0.507 e. The monoisotopic (exact) mass is 364 g/mol. The molecule has 0 saturated carbocycles. The maximum absolute atomic E-state index is 10.1. The second-order valence-corrected chi connectivity index (χ2v) is 6.57. The molecule has 5 nitrogen and oxygen atoms in total. The summed E-state index contributed by atoms with van der Waals surface area (Å²) in [6.45, 7) is 0.690. The predicted molar refractivity (Wildman–Crippen MR) is 91.9 cm³/mol. The summed E-state index contributed by atoms with van der Waals surface area (Å²) in [6.07, 6.45) is 0.588. The molecule has 0 bridgehead atoms. The third-order valence-corrected chi connectivity index (χ3v) is 4.55. The van der Waals surface area contributed by atoms with E-state index in [2.05, 4.69) is 10.5 Å². The average Bonchev–Trinajstić information content (AvgIpc) is 3.06. The van der Waals surface area contributed by atoms with Crippen LogP contribution in [0.15, 0.2) is 35.4 Å². The van der Waals surface area contributed by atoms with Gasteiger partial charge in [-0.15, -0.1) is 0 Å². The lowest BCUT2D eigenvalue weighted by Gasteiger charge is -2.23. The number of halogens is 2. The SMILES string of the molecule is Oc1ccc(Cl)cc1C1=NNC(c2cc(Cl)cc3c2OCOC3)C1. The Hall–Kier alpha value is -1.95. The van der Waals surface area contributed by atoms with Gasteiger partial charge in [-0.25, -0.2) is 0 Å². The quantitative estimate of drug-likeness (QED) is 0.844. The Morgan fingerprint density at radius 2 is 2.04 bits per heavy atom. The lowest BCUT2D eigenvalue weighted by atomic mass is 9.96. The summed E-state index contributed by atoms with van der Waals surface area (Å²) in [5, 5.41) is 15.6. The van der Waals surface area contributed by atoms with Gasteiger partial charge in [0.15, 0.2) is 6.79 Å². The second kappa shape index (κ2) is 6.16. The Labute approximate surface area is 148 Å². The van der Waals surface area contributed by atoms with Crippen LogP contribution >= 0.6 is 23.2 Å². The smallest absolute Gasteiger partial charge is 0.189 e. The number of hydrogen-bond donors (Lipinski definition) is 2. The predicted octanol–water partition coefficient (Wildman–Crippen LogP) is 4.00. The van der Waals surface area contributed by atoms with E-state index in [1.807, 2.05) is 12.1 Å². The fraction of sp³-hybridized carbons (Fsp3) is 0.235. The Balaban J connectivity index is 1.65. The van der Waals surface area contributed by atoms with Gasteiger partial charge in [0.1, 0.15) is 11.5 Å². The highest BCUT2D eigenvalue weighted by atomic mass is 35.5. The summed E-state index contributed by atoms with van der Waals surface area (Å²) in [5.41, 5.74) is 6.31. The van der Waals surface area contributed by atoms with Gasteiger partial charge in [-0.3, -0.25) is 0 Å². The highest BCUT2D eigenvalue weighted by molar-refractivity contribution is 6.31. The molecule has 0 aromatic heterocycles. The standard InChI is InChI=1S/C17H14Cl2N2O3/c18-10-1-2-16(22)12(4-10)14-6-15(21-20-14)13-5-11(19)3-9-7-23-8-24-17(9)13/h1-5,15,21-22H,6-8H2. The van der Waals surface area contributed by atoms with E-state index < -0.39 is 0 Å². The third kappa shape index (κ3) is 2.79. The second-order valence-electron chi connectivity index (χ2n) is 5.70. The van der Waals surface area contributed by atoms with Crippen LogP contribution in [0.2, 0.25) is 10.0 Å². The van der Waals surface area contributed by atoms with Crippen LogP contribution in [0, 0.1) is 0 Å². The van der Waals surface area contributed by atoms with E-state index in [1.54, 1.807) is 18.2 Å². The Morgan fingerprint density at radius 1 is 1.17 bits per heavy atom. The molecule has 24 heavy (non-hydrogen) atoms. The Morgan fingerprint density at radius 3 is 2.92 bits per heavy atom. The number of nitrogens with zero attached hydrogens (tertiary/aromatic N) is 1. The molecule has 0 fully saturated rings. The number of aromatic hydroxyl groups is 1. The van der Waals surface area contributed by atoms with Crippen molar-refractivity contribution in [2.75, 3.05) is 6.79 Å². The van der Waals surface area contributed by atoms with E-state index in [4.69, 9.17) is 32.7 Å². The molecule has 4 rings (SSSR count). The summed E-state index contributed by atoms with van der Waals surface area (Å²) >= 11 is 12.3. The fourth-order valence-corrected chi connectivity index (χ4v) is 3.42. The number of hydrogen-bond acceptors (Lipinski definition) is 5. The molecule has 0 spiro atoms. The molecule has 124 valence electrons. The number of hydrazone groups is 1. The number of rotatable bonds is 2. The van der Waals surface area contributed by atoms with Crippen LogP contribution in [0.5, 0.6) is 11.5 Å². The van der Waals surface area contributed by atoms with Gasteiger partial charge >= 0.3 is 0 Å². The zero-order valence-electron chi connectivity index (χ0n) is 12.6. The topological polar surface area (TPSA) is 63.1 Å². The van der Waals surface area contributed by atoms with Crippen LogP contribution in [-0.4, -0.2) is 17.6 Å². The first-order chi connectivity index (χ1) is 11.6. The Kier molecular flexibility index (Phi) is 4.00. The number of nitrogens with one attached hydrogen (secondary N) is 1. The Bertz CT molecular complexity index is 839. The summed E-state index contributed by atoms with van der Waals surface area (Å²) in [4.78, 5) is 0. The normalized spacial score (nSPS) is 19.2. The van der Waals surface area contributed by atoms with Gasteiger partial charge < -0.3 is 20.0 Å². The lowest BCUT2D eigenvalue weighted by Crippen LogP contribution is -2.17. The first-order valence-electron chi connectivity index (χ1n) is 7.45. The summed E-state index contributed by atoms with van der Waals surface area (Å²) < 4.78 is 11.0. The molecule has 2 aliphatic rings. The van der Waals surface area contributed by atoms with Crippen molar-refractivity contribution in [3.63, 3.8) is 0 Å². The minimum absolute atomic E-state index is 0.0936. The van der Waals surface area contributed by atoms with Gasteiger partial charge in [0.25, 0.3) is 0 Å². The number of fused-ring (bicyclic) bond motifs is 1. The van der Waals surface area contributed by atoms with E-state index in [0.29, 0.717) is 28.6 Å². The van der Waals surface area contributed by atoms with Gasteiger partial charge in [-0.05, 0) is 30.3 Å². The van der Waals surface area contributed by atoms with Gasteiger partial charge in [0.05, 0.1) is 18.4 Å². The van der Waals surface area contributed by atoms with Crippen LogP contribution in [0.4, 0.5) is 0 Å². The molecule has 2 N–H and O–H groups in total. The van der Waals surface area contributed by atoms with Crippen molar-refractivity contribution in [2.24, 2.45) is 5.10 Å². The lowest BCUT2D eigenvalue weighted by molar-refractivity contribution is -0.0173. The van der Waals surface area contributed by atoms with Crippen LogP contribution in [0.25, 0.3) is 0 Å². The molecular weight excluding hydrogens is 351 g/mol. The summed E-state index contributed by atoms with van der Waals surface area (Å²) in [7, 11) is 0. The van der Waals surface area contributed by atoms with E-state index in [1.165, 1.54) is 0 Å². The molecule has 7 heteroatoms. The highest BCUT2D eigenvalue weighted by Crippen LogP contribution is 2.39. The molecule has 2 aromatic rings. The van der Waals surface area contributed by atoms with Crippen LogP contribution in [-0.2, 0) is 11.3 Å². The van der Waals surface area contributed by atoms with E-state index >= 15 is 0 Å². The van der Waals surface area contributed by atoms with Crippen molar-refractivity contribution >= 4 is 28.9 Å². The van der Waals surface area contributed by atoms with E-state index in [9.17, 15) is 5.11 Å². The first-order valence-corrected chi connectivity index (χ1v) is 8.21. The third-order valence-electron chi connectivity index (χ3n) is 4.10. The van der Waals surface area contributed by atoms with Crippen molar-refractivity contribution in [3.05, 3.63) is 57.1 Å². The van der Waals surface area contributed by atoms with Crippen LogP contribution in [0.1, 0.15) is 29.2 Å². The molecule has 1 unspecified atom stereocenters. The number of phenols is 1. The van der Waals surface area contributed by atoms with Gasteiger partial charge in [0.2, 0.25) is 0 Å². The molecule has 0 saturated heterocycles. The zero-order chi connectivity index (χ0) is 16.7. The molecule has 1 atom stereocenters. The number of ether oxygens (including phenoxy) is 2. The van der Waals surface area contributed by atoms with Crippen molar-refractivity contribution in [1.29, 1.82) is 0 Å². The fourth-order valence-electron chi connectivity index (χ4n) is 3.00. The van der Waals surface area contributed by atoms with Gasteiger partial charge in [0, 0.05) is 33.2 Å². The van der Waals surface area contributed by atoms with Crippen molar-refractivity contribution in [2.45, 2.75) is 19.1 Å². The molecule has 0 amide bonds. The van der Waals surface area contributed by atoms with Gasteiger partial charge in [-0.2, -0.15) is 5.10 Å². The van der Waals surface area contributed by atoms with E-state index in [-0.39, 0.29) is 18.6 Å². The molecule has 0 aliphatic carbocycles. The summed E-state index contributed by atoms with van der Waals surface area (Å²) in [5.74, 6) is 0.938. The van der Waals surface area contributed by atoms with Crippen molar-refractivity contribution in [1.82, 2.24) is 5.43 Å². The number of benzene rings is 2. The zero-order valence-corrected chi connectivity index (χ0v) is 14.1. The molecule has 2 heterocycles. The molecule has 2 aromatic carbocycles. The van der Waals surface area contributed by atoms with Crippen molar-refractivity contribution in [3.8, 4) is 11.5 Å².